The lowest BCUT2D eigenvalue weighted by molar-refractivity contribution is -0.143. The number of fused-ring (bicyclic) bond motifs is 1. The zero-order chi connectivity index (χ0) is 24.6. The van der Waals surface area contributed by atoms with Crippen LogP contribution in [0, 0.1) is 0 Å². The molecule has 1 aromatic heterocycles. The van der Waals surface area contributed by atoms with Gasteiger partial charge in [0.05, 0.1) is 17.7 Å². The van der Waals surface area contributed by atoms with Crippen molar-refractivity contribution >= 4 is 17.5 Å². The number of aliphatic hydroxyl groups is 1. The van der Waals surface area contributed by atoms with Crippen molar-refractivity contribution in [2.24, 2.45) is 0 Å². The van der Waals surface area contributed by atoms with E-state index >= 15 is 0 Å². The summed E-state index contributed by atoms with van der Waals surface area (Å²) in [6, 6.07) is 12.4. The number of aliphatic hydroxyl groups excluding tert-OH is 1. The largest absolute Gasteiger partial charge is 0.478 e. The Morgan fingerprint density at radius 2 is 1.79 bits per heavy atom. The minimum absolute atomic E-state index is 0.0867. The summed E-state index contributed by atoms with van der Waals surface area (Å²) in [6.45, 7) is 2.69. The molecule has 0 saturated heterocycles. The van der Waals surface area contributed by atoms with Crippen LogP contribution in [0.3, 0.4) is 0 Å². The number of hydrogen-bond donors (Lipinski definition) is 4. The summed E-state index contributed by atoms with van der Waals surface area (Å²) in [5, 5.41) is 26.5. The number of rotatable bonds is 7. The van der Waals surface area contributed by atoms with Crippen LogP contribution >= 0.6 is 0 Å². The minimum Gasteiger partial charge on any atom is -0.478 e. The molecular weight excluding hydrogens is 451 g/mol. The Morgan fingerprint density at radius 1 is 1.15 bits per heavy atom. The topological polar surface area (TPSA) is 117 Å². The van der Waals surface area contributed by atoms with E-state index in [1.54, 1.807) is 48.2 Å². The normalized spacial score (nSPS) is 15.3. The zero-order valence-electron chi connectivity index (χ0n) is 18.3. The van der Waals surface area contributed by atoms with Gasteiger partial charge in [-0.05, 0) is 42.3 Å². The van der Waals surface area contributed by atoms with Crippen molar-refractivity contribution in [2.75, 3.05) is 17.2 Å². The van der Waals surface area contributed by atoms with Crippen molar-refractivity contribution in [2.45, 2.75) is 38.5 Å². The molecule has 8 nitrogen and oxygen atoms in total. The van der Waals surface area contributed by atoms with E-state index < -0.39 is 30.1 Å². The lowest BCUT2D eigenvalue weighted by Crippen LogP contribution is -2.29. The van der Waals surface area contributed by atoms with Gasteiger partial charge < -0.3 is 20.8 Å². The number of hydrogen-bond acceptors (Lipinski definition) is 6. The van der Waals surface area contributed by atoms with Crippen molar-refractivity contribution in [3.8, 4) is 0 Å². The standard InChI is InChI=1S/C23H24F3N5O3/c1-13(15-4-6-16(7-5-15)22(33)34)28-20(32)18-19(23(24,25)26)29-31-11-10-30(21(18)31)12-14-2-8-17(27)9-3-14/h2-9,13,20,28,32H,10-12,27H2,1H3,(H,33,34)/t13-,20?/m0/s1. The smallest absolute Gasteiger partial charge is 0.435 e. The van der Waals surface area contributed by atoms with Gasteiger partial charge in [-0.3, -0.25) is 5.32 Å². The molecule has 2 atom stereocenters. The van der Waals surface area contributed by atoms with Crippen LogP contribution in [0.4, 0.5) is 24.7 Å². The number of nitrogens with one attached hydrogen (secondary N) is 1. The molecule has 34 heavy (non-hydrogen) atoms. The molecule has 0 amide bonds. The second-order valence-electron chi connectivity index (χ2n) is 8.19. The molecule has 0 radical (unpaired) electrons. The fraction of sp³-hybridized carbons (Fsp3) is 0.304. The summed E-state index contributed by atoms with van der Waals surface area (Å²) in [7, 11) is 0. The van der Waals surface area contributed by atoms with Gasteiger partial charge in [-0.2, -0.15) is 18.3 Å². The Balaban J connectivity index is 1.63. The molecule has 2 aromatic carbocycles. The third-order valence-corrected chi connectivity index (χ3v) is 5.80. The number of nitrogens with two attached hydrogens (primary N) is 1. The Kier molecular flexibility index (Phi) is 6.24. The van der Waals surface area contributed by atoms with E-state index in [1.807, 2.05) is 0 Å². The molecule has 4 rings (SSSR count). The van der Waals surface area contributed by atoms with Gasteiger partial charge in [0.15, 0.2) is 5.69 Å². The first-order chi connectivity index (χ1) is 16.0. The number of benzene rings is 2. The molecule has 5 N–H and O–H groups in total. The number of nitrogens with zero attached hydrogens (tertiary/aromatic N) is 3. The molecule has 180 valence electrons. The average Bonchev–Trinajstić information content (AvgIpc) is 3.35. The molecule has 2 heterocycles. The third kappa shape index (κ3) is 4.70. The molecule has 1 aliphatic rings. The number of carboxylic acids is 1. The summed E-state index contributed by atoms with van der Waals surface area (Å²) in [4.78, 5) is 12.8. The van der Waals surface area contributed by atoms with Gasteiger partial charge in [-0.1, -0.05) is 24.3 Å². The molecule has 3 aromatic rings. The second-order valence-corrected chi connectivity index (χ2v) is 8.19. The Hall–Kier alpha value is -3.57. The number of nitrogen functional groups attached to an aromatic ring is 1. The van der Waals surface area contributed by atoms with Crippen LogP contribution < -0.4 is 16.0 Å². The van der Waals surface area contributed by atoms with E-state index in [4.69, 9.17) is 10.8 Å². The van der Waals surface area contributed by atoms with E-state index in [2.05, 4.69) is 10.4 Å². The SMILES string of the molecule is C[C@H](NC(O)c1c(C(F)(F)F)nn2c1N(Cc1ccc(N)cc1)CC2)c1ccc(C(=O)O)cc1. The molecule has 1 aliphatic heterocycles. The van der Waals surface area contributed by atoms with Gasteiger partial charge in [-0.25, -0.2) is 9.48 Å². The van der Waals surface area contributed by atoms with E-state index in [1.165, 1.54) is 16.8 Å². The lowest BCUT2D eigenvalue weighted by Gasteiger charge is -2.24. The van der Waals surface area contributed by atoms with Crippen LogP contribution in [-0.2, 0) is 19.3 Å². The number of anilines is 2. The number of alkyl halides is 3. The molecular formula is C23H24F3N5O3. The highest BCUT2D eigenvalue weighted by molar-refractivity contribution is 5.87. The highest BCUT2D eigenvalue weighted by atomic mass is 19.4. The number of carbonyl (C=O) groups is 1. The zero-order valence-corrected chi connectivity index (χ0v) is 18.3. The number of carboxylic acid groups (broad SMARTS) is 1. The summed E-state index contributed by atoms with van der Waals surface area (Å²) in [6.07, 6.45) is -6.42. The first-order valence-electron chi connectivity index (χ1n) is 10.6. The number of aromatic nitrogens is 2. The van der Waals surface area contributed by atoms with E-state index in [-0.39, 0.29) is 23.5 Å². The van der Waals surface area contributed by atoms with Crippen LogP contribution in [0.5, 0.6) is 0 Å². The summed E-state index contributed by atoms with van der Waals surface area (Å²) >= 11 is 0. The van der Waals surface area contributed by atoms with Gasteiger partial charge >= 0.3 is 12.1 Å². The van der Waals surface area contributed by atoms with Gasteiger partial charge in [0.25, 0.3) is 0 Å². The molecule has 0 saturated carbocycles. The molecule has 11 heteroatoms. The summed E-state index contributed by atoms with van der Waals surface area (Å²) < 4.78 is 42.8. The molecule has 0 fully saturated rings. The maximum atomic E-state index is 13.8. The maximum absolute atomic E-state index is 13.8. The third-order valence-electron chi connectivity index (χ3n) is 5.80. The maximum Gasteiger partial charge on any atom is 0.435 e. The number of aromatic carboxylic acids is 1. The Labute approximate surface area is 193 Å². The molecule has 0 spiro atoms. The van der Waals surface area contributed by atoms with E-state index in [0.29, 0.717) is 24.3 Å². The van der Waals surface area contributed by atoms with Crippen molar-refractivity contribution in [3.05, 3.63) is 76.5 Å². The van der Waals surface area contributed by atoms with Crippen LogP contribution in [-0.4, -0.2) is 32.5 Å². The van der Waals surface area contributed by atoms with Gasteiger partial charge in [0, 0.05) is 24.8 Å². The van der Waals surface area contributed by atoms with Crippen molar-refractivity contribution in [1.82, 2.24) is 15.1 Å². The predicted octanol–water partition coefficient (Wildman–Crippen LogP) is 3.54. The van der Waals surface area contributed by atoms with Crippen molar-refractivity contribution in [3.63, 3.8) is 0 Å². The first kappa shape index (κ1) is 23.6. The number of halogens is 3. The highest BCUT2D eigenvalue weighted by Crippen LogP contribution is 2.41. The minimum atomic E-state index is -4.76. The quantitative estimate of drug-likeness (QED) is 0.305. The molecule has 0 bridgehead atoms. The predicted molar refractivity (Wildman–Crippen MR) is 119 cm³/mol. The van der Waals surface area contributed by atoms with Crippen molar-refractivity contribution in [1.29, 1.82) is 0 Å². The summed E-state index contributed by atoms with van der Waals surface area (Å²) in [5.41, 5.74) is 6.38. The fourth-order valence-electron chi connectivity index (χ4n) is 4.07. The fourth-order valence-corrected chi connectivity index (χ4v) is 4.07. The lowest BCUT2D eigenvalue weighted by atomic mass is 10.0. The molecule has 0 aliphatic carbocycles. The van der Waals surface area contributed by atoms with Crippen molar-refractivity contribution < 1.29 is 28.2 Å². The van der Waals surface area contributed by atoms with Crippen LogP contribution in [0.1, 0.15) is 51.9 Å². The molecule has 1 unspecified atom stereocenters. The Bertz CT molecular complexity index is 1180. The monoisotopic (exact) mass is 475 g/mol. The highest BCUT2D eigenvalue weighted by Gasteiger charge is 2.44. The van der Waals surface area contributed by atoms with Crippen LogP contribution in [0.2, 0.25) is 0 Å². The van der Waals surface area contributed by atoms with Gasteiger partial charge in [0.2, 0.25) is 0 Å². The van der Waals surface area contributed by atoms with E-state index in [0.717, 1.165) is 5.56 Å². The van der Waals surface area contributed by atoms with Crippen LogP contribution in [0.15, 0.2) is 48.5 Å². The van der Waals surface area contributed by atoms with E-state index in [9.17, 15) is 23.1 Å². The second kappa shape index (κ2) is 8.99. The van der Waals surface area contributed by atoms with Gasteiger partial charge in [-0.15, -0.1) is 0 Å². The summed E-state index contributed by atoms with van der Waals surface area (Å²) in [5.74, 6) is -0.878. The average molecular weight is 475 g/mol. The Morgan fingerprint density at radius 3 is 2.38 bits per heavy atom. The van der Waals surface area contributed by atoms with Gasteiger partial charge in [0.1, 0.15) is 12.0 Å². The first-order valence-corrected chi connectivity index (χ1v) is 10.6. The van der Waals surface area contributed by atoms with Crippen LogP contribution in [0.25, 0.3) is 0 Å².